The van der Waals surface area contributed by atoms with Gasteiger partial charge in [-0.1, -0.05) is 0 Å². The lowest BCUT2D eigenvalue weighted by Crippen LogP contribution is -2.45. The molecule has 0 aromatic heterocycles. The smallest absolute Gasteiger partial charge is 0.248 e. The Morgan fingerprint density at radius 2 is 2.14 bits per heavy atom. The minimum Gasteiger partial charge on any atom is -0.380 e. The van der Waals surface area contributed by atoms with Crippen molar-refractivity contribution in [3.63, 3.8) is 0 Å². The molecule has 1 atom stereocenters. The third-order valence-electron chi connectivity index (χ3n) is 3.03. The molecule has 1 aliphatic carbocycles. The average Bonchev–Trinajstić information content (AvgIpc) is 2.13. The minimum absolute atomic E-state index is 0.0631. The number of hydrogen-bond acceptors (Lipinski definition) is 2. The van der Waals surface area contributed by atoms with Gasteiger partial charge in [-0.15, -0.1) is 0 Å². The van der Waals surface area contributed by atoms with Crippen LogP contribution in [-0.4, -0.2) is 31.7 Å². The molecule has 2 aliphatic rings. The molecule has 14 heavy (non-hydrogen) atoms. The highest BCUT2D eigenvalue weighted by atomic mass is 19.3. The summed E-state index contributed by atoms with van der Waals surface area (Å²) in [6.45, 7) is 2.31. The van der Waals surface area contributed by atoms with Gasteiger partial charge in [0, 0.05) is 25.5 Å². The molecule has 0 bridgehead atoms. The summed E-state index contributed by atoms with van der Waals surface area (Å²) in [4.78, 5) is 0. The van der Waals surface area contributed by atoms with Gasteiger partial charge >= 0.3 is 0 Å². The fraction of sp³-hybridized carbons (Fsp3) is 1.00. The summed E-state index contributed by atoms with van der Waals surface area (Å²) in [6.07, 6.45) is 2.32. The number of ether oxygens (including phenoxy) is 1. The van der Waals surface area contributed by atoms with Crippen molar-refractivity contribution in [2.24, 2.45) is 5.92 Å². The van der Waals surface area contributed by atoms with Gasteiger partial charge in [0.2, 0.25) is 5.92 Å². The van der Waals surface area contributed by atoms with Crippen LogP contribution in [0.15, 0.2) is 0 Å². The van der Waals surface area contributed by atoms with Crippen molar-refractivity contribution in [3.05, 3.63) is 0 Å². The molecule has 0 amide bonds. The SMILES string of the molecule is FC1(F)CC(CNC2CCCOC2)C1. The summed E-state index contributed by atoms with van der Waals surface area (Å²) in [5.74, 6) is -2.21. The van der Waals surface area contributed by atoms with E-state index in [-0.39, 0.29) is 18.8 Å². The molecule has 0 radical (unpaired) electrons. The molecule has 4 heteroatoms. The van der Waals surface area contributed by atoms with Crippen LogP contribution in [0.1, 0.15) is 25.7 Å². The first-order valence-corrected chi connectivity index (χ1v) is 5.35. The zero-order valence-corrected chi connectivity index (χ0v) is 8.27. The number of hydrogen-bond donors (Lipinski definition) is 1. The molecule has 2 nitrogen and oxygen atoms in total. The Morgan fingerprint density at radius 3 is 2.71 bits per heavy atom. The summed E-state index contributed by atoms with van der Waals surface area (Å²) in [6, 6.07) is 0.387. The summed E-state index contributed by atoms with van der Waals surface area (Å²) < 4.78 is 30.3. The van der Waals surface area contributed by atoms with E-state index in [0.29, 0.717) is 6.04 Å². The average molecular weight is 205 g/mol. The molecule has 1 unspecified atom stereocenters. The number of nitrogens with one attached hydrogen (secondary N) is 1. The molecule has 1 aliphatic heterocycles. The molecule has 0 aromatic rings. The Kier molecular flexibility index (Phi) is 3.02. The van der Waals surface area contributed by atoms with Gasteiger partial charge < -0.3 is 10.1 Å². The highest BCUT2D eigenvalue weighted by Crippen LogP contribution is 2.41. The van der Waals surface area contributed by atoms with E-state index in [1.165, 1.54) is 0 Å². The second kappa shape index (κ2) is 4.11. The van der Waals surface area contributed by atoms with Crippen LogP contribution in [0.5, 0.6) is 0 Å². The van der Waals surface area contributed by atoms with Crippen molar-refractivity contribution in [2.45, 2.75) is 37.6 Å². The maximum absolute atomic E-state index is 12.5. The Balaban J connectivity index is 1.59. The van der Waals surface area contributed by atoms with Crippen LogP contribution >= 0.6 is 0 Å². The Hall–Kier alpha value is -0.220. The van der Waals surface area contributed by atoms with Crippen molar-refractivity contribution in [3.8, 4) is 0 Å². The topological polar surface area (TPSA) is 21.3 Å². The predicted molar refractivity (Wildman–Crippen MR) is 49.5 cm³/mol. The molecule has 1 N–H and O–H groups in total. The van der Waals surface area contributed by atoms with Crippen LogP contribution in [0.2, 0.25) is 0 Å². The molecule has 82 valence electrons. The maximum atomic E-state index is 12.5. The summed E-state index contributed by atoms with van der Waals surface area (Å²) in [5, 5.41) is 3.30. The van der Waals surface area contributed by atoms with Gasteiger partial charge in [0.05, 0.1) is 6.61 Å². The Bertz CT molecular complexity index is 185. The highest BCUT2D eigenvalue weighted by Gasteiger charge is 2.44. The van der Waals surface area contributed by atoms with E-state index < -0.39 is 5.92 Å². The Labute approximate surface area is 83.0 Å². The molecule has 1 saturated heterocycles. The standard InChI is InChI=1S/C10H17F2NO/c11-10(12)4-8(5-10)6-13-9-2-1-3-14-7-9/h8-9,13H,1-7H2. The highest BCUT2D eigenvalue weighted by molar-refractivity contribution is 4.88. The van der Waals surface area contributed by atoms with Crippen LogP contribution in [-0.2, 0) is 4.74 Å². The van der Waals surface area contributed by atoms with Crippen LogP contribution < -0.4 is 5.32 Å². The van der Waals surface area contributed by atoms with E-state index in [0.717, 1.165) is 32.6 Å². The van der Waals surface area contributed by atoms with Gasteiger partial charge in [-0.3, -0.25) is 0 Å². The van der Waals surface area contributed by atoms with E-state index in [1.807, 2.05) is 0 Å². The number of alkyl halides is 2. The monoisotopic (exact) mass is 205 g/mol. The molecular weight excluding hydrogens is 188 g/mol. The zero-order chi connectivity index (χ0) is 10.0. The lowest BCUT2D eigenvalue weighted by Gasteiger charge is -2.36. The quantitative estimate of drug-likeness (QED) is 0.758. The number of rotatable bonds is 3. The van der Waals surface area contributed by atoms with Crippen molar-refractivity contribution in [2.75, 3.05) is 19.8 Å². The van der Waals surface area contributed by atoms with E-state index >= 15 is 0 Å². The normalized spacial score (nSPS) is 32.6. The first-order valence-electron chi connectivity index (χ1n) is 5.35. The van der Waals surface area contributed by atoms with E-state index in [4.69, 9.17) is 4.74 Å². The largest absolute Gasteiger partial charge is 0.380 e. The van der Waals surface area contributed by atoms with Gasteiger partial charge in [-0.25, -0.2) is 8.78 Å². The fourth-order valence-electron chi connectivity index (χ4n) is 2.16. The second-order valence-corrected chi connectivity index (χ2v) is 4.45. The van der Waals surface area contributed by atoms with Gasteiger partial charge in [0.25, 0.3) is 0 Å². The van der Waals surface area contributed by atoms with Gasteiger partial charge in [-0.2, -0.15) is 0 Å². The van der Waals surface area contributed by atoms with Gasteiger partial charge in [0.15, 0.2) is 0 Å². The zero-order valence-electron chi connectivity index (χ0n) is 8.27. The fourth-order valence-corrected chi connectivity index (χ4v) is 2.16. The molecule has 1 heterocycles. The van der Waals surface area contributed by atoms with E-state index in [2.05, 4.69) is 5.32 Å². The second-order valence-electron chi connectivity index (χ2n) is 4.45. The van der Waals surface area contributed by atoms with Crippen LogP contribution in [0, 0.1) is 5.92 Å². The molecule has 1 saturated carbocycles. The minimum atomic E-state index is -2.38. The van der Waals surface area contributed by atoms with Crippen molar-refractivity contribution < 1.29 is 13.5 Å². The van der Waals surface area contributed by atoms with Crippen LogP contribution in [0.4, 0.5) is 8.78 Å². The van der Waals surface area contributed by atoms with E-state index in [9.17, 15) is 8.78 Å². The van der Waals surface area contributed by atoms with E-state index in [1.54, 1.807) is 0 Å². The van der Waals surface area contributed by atoms with Crippen molar-refractivity contribution >= 4 is 0 Å². The lowest BCUT2D eigenvalue weighted by molar-refractivity contribution is -0.110. The molecule has 2 fully saturated rings. The first-order chi connectivity index (χ1) is 6.66. The molecular formula is C10H17F2NO. The maximum Gasteiger partial charge on any atom is 0.248 e. The molecule has 2 rings (SSSR count). The van der Waals surface area contributed by atoms with Crippen molar-refractivity contribution in [1.82, 2.24) is 5.32 Å². The first kappa shape index (κ1) is 10.3. The van der Waals surface area contributed by atoms with Crippen LogP contribution in [0.25, 0.3) is 0 Å². The molecule has 0 aromatic carbocycles. The predicted octanol–water partition coefficient (Wildman–Crippen LogP) is 1.80. The molecule has 0 spiro atoms. The summed E-state index contributed by atoms with van der Waals surface area (Å²) >= 11 is 0. The van der Waals surface area contributed by atoms with Crippen LogP contribution in [0.3, 0.4) is 0 Å². The van der Waals surface area contributed by atoms with Crippen molar-refractivity contribution in [1.29, 1.82) is 0 Å². The summed E-state index contributed by atoms with van der Waals surface area (Å²) in [7, 11) is 0. The third kappa shape index (κ3) is 2.64. The summed E-state index contributed by atoms with van der Waals surface area (Å²) in [5.41, 5.74) is 0. The lowest BCUT2D eigenvalue weighted by atomic mass is 9.81. The van der Waals surface area contributed by atoms with Gasteiger partial charge in [0.1, 0.15) is 0 Å². The van der Waals surface area contributed by atoms with Gasteiger partial charge in [-0.05, 0) is 25.3 Å². The third-order valence-corrected chi connectivity index (χ3v) is 3.03. The Morgan fingerprint density at radius 1 is 1.36 bits per heavy atom. The number of halogens is 2.